The molecule has 0 aliphatic rings. The number of phenolic OH excluding ortho intramolecular Hbond substituents is 1. The molecule has 0 saturated carbocycles. The van der Waals surface area contributed by atoms with Crippen molar-refractivity contribution >= 4 is 6.16 Å². The fraction of sp³-hybridized carbons (Fsp3) is 0.696. The van der Waals surface area contributed by atoms with E-state index in [0.29, 0.717) is 25.2 Å². The van der Waals surface area contributed by atoms with Gasteiger partial charge in [-0.3, -0.25) is 0 Å². The summed E-state index contributed by atoms with van der Waals surface area (Å²) in [6, 6.07) is 4.79. The van der Waals surface area contributed by atoms with Crippen LogP contribution >= 0.6 is 0 Å². The first-order valence-electron chi connectivity index (χ1n) is 11.0. The lowest BCUT2D eigenvalue weighted by atomic mass is 9.96. The second kappa shape index (κ2) is 14.2. The van der Waals surface area contributed by atoms with Gasteiger partial charge in [0.15, 0.2) is 17.3 Å². The fourth-order valence-corrected chi connectivity index (χ4v) is 3.33. The van der Waals surface area contributed by atoms with Crippen molar-refractivity contribution in [1.82, 2.24) is 0 Å². The average molecular weight is 411 g/mol. The van der Waals surface area contributed by atoms with E-state index in [9.17, 15) is 9.90 Å². The van der Waals surface area contributed by atoms with Gasteiger partial charge in [0.1, 0.15) is 0 Å². The van der Waals surface area contributed by atoms with E-state index >= 15 is 0 Å². The van der Waals surface area contributed by atoms with Gasteiger partial charge in [-0.15, -0.1) is 0 Å². The van der Waals surface area contributed by atoms with E-state index in [1.165, 1.54) is 31.7 Å². The molecular formula is C23H38O6. The van der Waals surface area contributed by atoms with Gasteiger partial charge in [-0.05, 0) is 31.4 Å². The number of phenols is 1. The highest BCUT2D eigenvalue weighted by molar-refractivity contribution is 5.63. The highest BCUT2D eigenvalue weighted by Crippen LogP contribution is 2.42. The van der Waals surface area contributed by atoms with Crippen LogP contribution < -0.4 is 4.74 Å². The van der Waals surface area contributed by atoms with Crippen LogP contribution in [-0.4, -0.2) is 29.6 Å². The molecule has 0 bridgehead atoms. The van der Waals surface area contributed by atoms with Gasteiger partial charge in [-0.25, -0.2) is 4.79 Å². The van der Waals surface area contributed by atoms with Crippen LogP contribution in [0.2, 0.25) is 0 Å². The van der Waals surface area contributed by atoms with E-state index in [4.69, 9.17) is 19.3 Å². The zero-order valence-electron chi connectivity index (χ0n) is 18.2. The van der Waals surface area contributed by atoms with Crippen molar-refractivity contribution in [3.05, 3.63) is 23.8 Å². The first kappa shape index (κ1) is 25.2. The Morgan fingerprint density at radius 2 is 1.48 bits per heavy atom. The van der Waals surface area contributed by atoms with Gasteiger partial charge in [-0.2, -0.15) is 0 Å². The number of carbonyl (C=O) groups is 1. The number of aromatic hydroxyl groups is 1. The molecule has 0 aromatic heterocycles. The summed E-state index contributed by atoms with van der Waals surface area (Å²) in [7, 11) is 0. The first-order chi connectivity index (χ1) is 14.0. The largest absolute Gasteiger partial charge is 0.511 e. The lowest BCUT2D eigenvalue weighted by Gasteiger charge is -2.35. The number of hydrogen-bond donors (Lipinski definition) is 2. The molecule has 0 aliphatic carbocycles. The van der Waals surface area contributed by atoms with Gasteiger partial charge in [-0.1, -0.05) is 65.4 Å². The Labute approximate surface area is 175 Å². The van der Waals surface area contributed by atoms with E-state index in [1.54, 1.807) is 12.1 Å². The van der Waals surface area contributed by atoms with Crippen molar-refractivity contribution < 1.29 is 29.2 Å². The molecule has 1 aromatic carbocycles. The molecule has 6 nitrogen and oxygen atoms in total. The second-order valence-electron chi connectivity index (χ2n) is 7.34. The molecule has 29 heavy (non-hydrogen) atoms. The van der Waals surface area contributed by atoms with Gasteiger partial charge >= 0.3 is 6.16 Å². The third-order valence-electron chi connectivity index (χ3n) is 4.79. The monoisotopic (exact) mass is 410 g/mol. The zero-order valence-corrected chi connectivity index (χ0v) is 18.2. The van der Waals surface area contributed by atoms with Crippen molar-refractivity contribution in [1.29, 1.82) is 0 Å². The van der Waals surface area contributed by atoms with Gasteiger partial charge in [0.05, 0.1) is 18.8 Å². The standard InChI is InChI=1S/C23H38O6/c1-4-7-8-9-10-11-12-16-23(27-17-5-2,28-18-6-3)19-14-13-15-20(21(19)24)29-22(25)26/h13-15,24H,4-12,16-18H2,1-3H3,(H,25,26). The number of hydrogen-bond acceptors (Lipinski definition) is 5. The normalized spacial score (nSPS) is 11.6. The van der Waals surface area contributed by atoms with Crippen LogP contribution in [-0.2, 0) is 15.3 Å². The van der Waals surface area contributed by atoms with Crippen molar-refractivity contribution in [3.8, 4) is 11.5 Å². The Balaban J connectivity index is 3.03. The minimum absolute atomic E-state index is 0.112. The van der Waals surface area contributed by atoms with Gasteiger partial charge in [0, 0.05) is 6.42 Å². The lowest BCUT2D eigenvalue weighted by Crippen LogP contribution is -2.34. The highest BCUT2D eigenvalue weighted by Gasteiger charge is 2.37. The van der Waals surface area contributed by atoms with Crippen LogP contribution in [0, 0.1) is 0 Å². The number of carboxylic acid groups (broad SMARTS) is 1. The summed E-state index contributed by atoms with van der Waals surface area (Å²) in [6.45, 7) is 7.19. The number of benzene rings is 1. The Hall–Kier alpha value is -1.79. The molecule has 0 amide bonds. The second-order valence-corrected chi connectivity index (χ2v) is 7.34. The highest BCUT2D eigenvalue weighted by atomic mass is 16.7. The Bertz CT molecular complexity index is 579. The average Bonchev–Trinajstić information content (AvgIpc) is 2.70. The molecule has 0 aliphatic heterocycles. The molecule has 0 radical (unpaired) electrons. The van der Waals surface area contributed by atoms with Gasteiger partial charge < -0.3 is 24.4 Å². The quantitative estimate of drug-likeness (QED) is 0.138. The minimum atomic E-state index is -1.47. The Morgan fingerprint density at radius 3 is 2.03 bits per heavy atom. The third-order valence-corrected chi connectivity index (χ3v) is 4.79. The van der Waals surface area contributed by atoms with E-state index in [1.807, 2.05) is 13.8 Å². The van der Waals surface area contributed by atoms with Crippen LogP contribution in [0.4, 0.5) is 4.79 Å². The number of para-hydroxylation sites is 1. The topological polar surface area (TPSA) is 85.2 Å². The molecule has 0 saturated heterocycles. The van der Waals surface area contributed by atoms with E-state index in [2.05, 4.69) is 6.92 Å². The maximum Gasteiger partial charge on any atom is 0.511 e. The van der Waals surface area contributed by atoms with Crippen molar-refractivity contribution in [3.63, 3.8) is 0 Å². The third kappa shape index (κ3) is 8.62. The van der Waals surface area contributed by atoms with Crippen LogP contribution in [0.5, 0.6) is 11.5 Å². The summed E-state index contributed by atoms with van der Waals surface area (Å²) >= 11 is 0. The summed E-state index contributed by atoms with van der Waals surface area (Å²) in [6.07, 6.45) is 8.82. The molecular weight excluding hydrogens is 372 g/mol. The maximum atomic E-state index is 10.9. The van der Waals surface area contributed by atoms with E-state index < -0.39 is 11.9 Å². The van der Waals surface area contributed by atoms with Crippen LogP contribution in [0.3, 0.4) is 0 Å². The van der Waals surface area contributed by atoms with Crippen molar-refractivity contribution in [2.24, 2.45) is 0 Å². The van der Waals surface area contributed by atoms with Gasteiger partial charge in [0.25, 0.3) is 0 Å². The molecule has 0 atom stereocenters. The number of ether oxygens (including phenoxy) is 3. The van der Waals surface area contributed by atoms with Crippen molar-refractivity contribution in [2.45, 2.75) is 90.8 Å². The molecule has 0 heterocycles. The summed E-state index contributed by atoms with van der Waals surface area (Å²) < 4.78 is 17.1. The Kier molecular flexibility index (Phi) is 12.4. The fourth-order valence-electron chi connectivity index (χ4n) is 3.33. The number of rotatable bonds is 16. The molecule has 1 rings (SSSR count). The minimum Gasteiger partial charge on any atom is -0.504 e. The lowest BCUT2D eigenvalue weighted by molar-refractivity contribution is -0.252. The predicted molar refractivity (Wildman–Crippen MR) is 114 cm³/mol. The summed E-state index contributed by atoms with van der Waals surface area (Å²) in [5.74, 6) is -1.47. The van der Waals surface area contributed by atoms with E-state index in [0.717, 1.165) is 32.1 Å². The molecule has 1 aromatic rings. The molecule has 0 fully saturated rings. The van der Waals surface area contributed by atoms with E-state index in [-0.39, 0.29) is 11.5 Å². The van der Waals surface area contributed by atoms with Crippen molar-refractivity contribution in [2.75, 3.05) is 13.2 Å². The number of unbranched alkanes of at least 4 members (excludes halogenated alkanes) is 6. The molecule has 0 unspecified atom stereocenters. The predicted octanol–water partition coefficient (Wildman–Crippen LogP) is 6.60. The first-order valence-corrected chi connectivity index (χ1v) is 11.0. The molecule has 6 heteroatoms. The smallest absolute Gasteiger partial charge is 0.504 e. The molecule has 0 spiro atoms. The van der Waals surface area contributed by atoms with Crippen LogP contribution in [0.15, 0.2) is 18.2 Å². The molecule has 2 N–H and O–H groups in total. The van der Waals surface area contributed by atoms with Gasteiger partial charge in [0.2, 0.25) is 0 Å². The van der Waals surface area contributed by atoms with Crippen LogP contribution in [0.25, 0.3) is 0 Å². The summed E-state index contributed by atoms with van der Waals surface area (Å²) in [4.78, 5) is 10.9. The zero-order chi connectivity index (χ0) is 21.5. The van der Waals surface area contributed by atoms with Crippen LogP contribution in [0.1, 0.15) is 90.5 Å². The molecule has 166 valence electrons. The Morgan fingerprint density at radius 1 is 0.897 bits per heavy atom. The summed E-state index contributed by atoms with van der Waals surface area (Å²) in [5.41, 5.74) is 0.420. The maximum absolute atomic E-state index is 10.9. The summed E-state index contributed by atoms with van der Waals surface area (Å²) in [5, 5.41) is 19.7. The SMILES string of the molecule is CCCCCCCCCC(OCCC)(OCCC)c1cccc(OC(=O)O)c1O.